The van der Waals surface area contributed by atoms with E-state index in [0.29, 0.717) is 40.7 Å². The third kappa shape index (κ3) is 5.25. The van der Waals surface area contributed by atoms with E-state index in [4.69, 9.17) is 11.6 Å². The van der Waals surface area contributed by atoms with Crippen molar-refractivity contribution in [1.29, 1.82) is 0 Å². The van der Waals surface area contributed by atoms with Crippen molar-refractivity contribution >= 4 is 40.0 Å². The summed E-state index contributed by atoms with van der Waals surface area (Å²) in [4.78, 5) is 25.1. The Bertz CT molecular complexity index is 1500. The van der Waals surface area contributed by atoms with E-state index in [2.05, 4.69) is 20.5 Å². The predicted octanol–water partition coefficient (Wildman–Crippen LogP) is 4.67. The lowest BCUT2D eigenvalue weighted by molar-refractivity contribution is -0.131. The molecule has 0 atom stereocenters. The second-order valence-corrected chi connectivity index (χ2v) is 9.06. The highest BCUT2D eigenvalue weighted by Gasteiger charge is 2.47. The molecule has 4 aromatic rings. The van der Waals surface area contributed by atoms with Crippen LogP contribution in [0.1, 0.15) is 28.8 Å². The molecule has 0 unspecified atom stereocenters. The summed E-state index contributed by atoms with van der Waals surface area (Å²) in [6.07, 6.45) is 2.43. The molecule has 1 saturated carbocycles. The van der Waals surface area contributed by atoms with Gasteiger partial charge in [0.05, 0.1) is 33.7 Å². The predicted molar refractivity (Wildman–Crippen MR) is 133 cm³/mol. The van der Waals surface area contributed by atoms with Crippen LogP contribution in [0.25, 0.3) is 16.6 Å². The molecule has 8 nitrogen and oxygen atoms in total. The maximum Gasteiger partial charge on any atom is 0.387 e. The van der Waals surface area contributed by atoms with Gasteiger partial charge >= 0.3 is 6.61 Å². The average Bonchev–Trinajstić information content (AvgIpc) is 3.47. The van der Waals surface area contributed by atoms with Crippen LogP contribution in [-0.4, -0.2) is 38.9 Å². The number of nitrogens with one attached hydrogen (secondary N) is 2. The number of hydrogen-bond donors (Lipinski definition) is 3. The van der Waals surface area contributed by atoms with Crippen molar-refractivity contribution in [2.24, 2.45) is 0 Å². The first kappa shape index (κ1) is 24.7. The molecule has 3 aromatic carbocycles. The highest BCUT2D eigenvalue weighted by molar-refractivity contribution is 6.34. The second kappa shape index (κ2) is 9.79. The molecule has 0 radical (unpaired) electrons. The highest BCUT2D eigenvalue weighted by atomic mass is 35.5. The first-order valence-corrected chi connectivity index (χ1v) is 11.7. The molecule has 1 heterocycles. The van der Waals surface area contributed by atoms with Crippen LogP contribution in [0.15, 0.2) is 66.9 Å². The molecule has 0 saturated heterocycles. The molecule has 5 rings (SSSR count). The van der Waals surface area contributed by atoms with Crippen LogP contribution >= 0.6 is 11.6 Å². The number of alkyl halides is 2. The lowest BCUT2D eigenvalue weighted by Crippen LogP contribution is -2.35. The van der Waals surface area contributed by atoms with Crippen LogP contribution in [-0.2, 0) is 11.3 Å². The maximum atomic E-state index is 13.1. The number of hydrogen-bond acceptors (Lipinski definition) is 5. The molecule has 2 amide bonds. The number of amides is 2. The third-order valence-corrected chi connectivity index (χ3v) is 6.35. The van der Waals surface area contributed by atoms with Gasteiger partial charge in [0.15, 0.2) is 0 Å². The van der Waals surface area contributed by atoms with Crippen molar-refractivity contribution in [1.82, 2.24) is 15.1 Å². The minimum absolute atomic E-state index is 0.00221. The fourth-order valence-electron chi connectivity index (χ4n) is 3.90. The number of aliphatic hydroxyl groups is 1. The quantitative estimate of drug-likeness (QED) is 0.309. The molecular formula is C26H21ClF2N4O4. The zero-order valence-corrected chi connectivity index (χ0v) is 20.0. The topological polar surface area (TPSA) is 105 Å². The molecule has 1 fully saturated rings. The summed E-state index contributed by atoms with van der Waals surface area (Å²) in [5.74, 6) is -0.910. The molecule has 190 valence electrons. The molecule has 3 N–H and O–H groups in total. The summed E-state index contributed by atoms with van der Waals surface area (Å²) in [6, 6.07) is 16.2. The molecule has 0 bridgehead atoms. The summed E-state index contributed by atoms with van der Waals surface area (Å²) in [7, 11) is 0. The van der Waals surface area contributed by atoms with Crippen molar-refractivity contribution in [2.75, 3.05) is 5.32 Å². The van der Waals surface area contributed by atoms with Crippen molar-refractivity contribution in [3.63, 3.8) is 0 Å². The Kier molecular flexibility index (Phi) is 6.53. The van der Waals surface area contributed by atoms with Gasteiger partial charge in [0.1, 0.15) is 11.4 Å². The summed E-state index contributed by atoms with van der Waals surface area (Å²) in [6.45, 7) is -2.81. The maximum absolute atomic E-state index is 13.1. The fraction of sp³-hybridized carbons (Fsp3) is 0.192. The molecule has 0 aliphatic heterocycles. The normalized spacial score (nSPS) is 14.0. The number of nitrogens with zero attached hydrogens (tertiary/aromatic N) is 2. The Hall–Kier alpha value is -4.02. The van der Waals surface area contributed by atoms with Crippen LogP contribution in [0.3, 0.4) is 0 Å². The number of anilines is 1. The highest BCUT2D eigenvalue weighted by Crippen LogP contribution is 2.35. The van der Waals surface area contributed by atoms with E-state index in [1.807, 2.05) is 0 Å². The van der Waals surface area contributed by atoms with Gasteiger partial charge < -0.3 is 20.5 Å². The Morgan fingerprint density at radius 2 is 1.92 bits per heavy atom. The number of aromatic nitrogens is 2. The number of halogens is 3. The summed E-state index contributed by atoms with van der Waals surface area (Å²) in [5.41, 5.74) is 1.17. The SMILES string of the molecule is O=C(Nc1cccc2c1cnn2-c1cccc(OC(F)F)c1)c1cc(CNC(=O)C2(O)CC2)ccc1Cl. The molecule has 11 heteroatoms. The zero-order valence-electron chi connectivity index (χ0n) is 19.2. The third-order valence-electron chi connectivity index (χ3n) is 6.02. The zero-order chi connectivity index (χ0) is 26.2. The van der Waals surface area contributed by atoms with Crippen LogP contribution < -0.4 is 15.4 Å². The van der Waals surface area contributed by atoms with Crippen molar-refractivity contribution in [2.45, 2.75) is 31.6 Å². The number of benzene rings is 3. The van der Waals surface area contributed by atoms with E-state index in [9.17, 15) is 23.5 Å². The number of carbonyl (C=O) groups excluding carboxylic acids is 2. The van der Waals surface area contributed by atoms with Crippen LogP contribution in [0.2, 0.25) is 5.02 Å². The minimum atomic E-state index is -2.95. The molecule has 0 spiro atoms. The van der Waals surface area contributed by atoms with E-state index in [1.54, 1.807) is 59.4 Å². The van der Waals surface area contributed by atoms with Crippen molar-refractivity contribution < 1.29 is 28.2 Å². The van der Waals surface area contributed by atoms with Gasteiger partial charge in [-0.2, -0.15) is 13.9 Å². The van der Waals surface area contributed by atoms with Gasteiger partial charge in [-0.25, -0.2) is 4.68 Å². The summed E-state index contributed by atoms with van der Waals surface area (Å²) in [5, 5.41) is 20.6. The first-order chi connectivity index (χ1) is 17.7. The first-order valence-electron chi connectivity index (χ1n) is 11.4. The van der Waals surface area contributed by atoms with E-state index < -0.39 is 24.0 Å². The Balaban J connectivity index is 1.37. The number of rotatable bonds is 8. The van der Waals surface area contributed by atoms with Gasteiger partial charge in [-0.1, -0.05) is 29.8 Å². The van der Waals surface area contributed by atoms with E-state index in [0.717, 1.165) is 0 Å². The standard InChI is InChI=1S/C26H21ClF2N4O4/c27-20-8-7-15(13-30-24(35)26(36)9-10-26)11-18(20)23(34)32-21-5-2-6-22-19(21)14-31-33(22)16-3-1-4-17(12-16)37-25(28)29/h1-8,11-12,14,25,36H,9-10,13H2,(H,30,35)(H,32,34). The van der Waals surface area contributed by atoms with Crippen LogP contribution in [0.5, 0.6) is 5.75 Å². The van der Waals surface area contributed by atoms with Gasteiger partial charge in [0, 0.05) is 18.0 Å². The monoisotopic (exact) mass is 526 g/mol. The fourth-order valence-corrected chi connectivity index (χ4v) is 4.10. The lowest BCUT2D eigenvalue weighted by atomic mass is 10.1. The second-order valence-electron chi connectivity index (χ2n) is 8.65. The smallest absolute Gasteiger partial charge is 0.387 e. The summed E-state index contributed by atoms with van der Waals surface area (Å²) < 4.78 is 31.3. The van der Waals surface area contributed by atoms with E-state index >= 15 is 0 Å². The number of fused-ring (bicyclic) bond motifs is 1. The van der Waals surface area contributed by atoms with Crippen LogP contribution in [0, 0.1) is 0 Å². The van der Waals surface area contributed by atoms with Gasteiger partial charge in [-0.3, -0.25) is 9.59 Å². The van der Waals surface area contributed by atoms with E-state index in [1.165, 1.54) is 12.1 Å². The van der Waals surface area contributed by atoms with E-state index in [-0.39, 0.29) is 22.9 Å². The lowest BCUT2D eigenvalue weighted by Gasteiger charge is -2.12. The Morgan fingerprint density at radius 3 is 2.68 bits per heavy atom. The molecule has 1 aliphatic carbocycles. The Labute approximate surface area is 214 Å². The van der Waals surface area contributed by atoms with Gasteiger partial charge in [0.25, 0.3) is 11.8 Å². The number of carbonyl (C=O) groups is 2. The molecule has 1 aromatic heterocycles. The van der Waals surface area contributed by atoms with Crippen LogP contribution in [0.4, 0.5) is 14.5 Å². The minimum Gasteiger partial charge on any atom is -0.435 e. The van der Waals surface area contributed by atoms with Crippen molar-refractivity contribution in [3.8, 4) is 11.4 Å². The van der Waals surface area contributed by atoms with Gasteiger partial charge in [0.2, 0.25) is 0 Å². The molecular weight excluding hydrogens is 506 g/mol. The average molecular weight is 527 g/mol. The van der Waals surface area contributed by atoms with Gasteiger partial charge in [-0.05, 0) is 54.8 Å². The van der Waals surface area contributed by atoms with Gasteiger partial charge in [-0.15, -0.1) is 0 Å². The summed E-state index contributed by atoms with van der Waals surface area (Å²) >= 11 is 6.29. The largest absolute Gasteiger partial charge is 0.435 e. The number of ether oxygens (including phenoxy) is 1. The van der Waals surface area contributed by atoms with Crippen molar-refractivity contribution in [3.05, 3.63) is 83.0 Å². The Morgan fingerprint density at radius 1 is 1.14 bits per heavy atom. The molecule has 1 aliphatic rings. The molecule has 37 heavy (non-hydrogen) atoms.